The summed E-state index contributed by atoms with van der Waals surface area (Å²) in [6.45, 7) is 4.42. The van der Waals surface area contributed by atoms with E-state index in [1.165, 1.54) is 18.6 Å². The molecule has 0 aromatic heterocycles. The lowest BCUT2D eigenvalue weighted by molar-refractivity contribution is 0.455. The Morgan fingerprint density at radius 1 is 1.11 bits per heavy atom. The molecule has 1 aromatic carbocycles. The van der Waals surface area contributed by atoms with Gasteiger partial charge < -0.3 is 5.32 Å². The van der Waals surface area contributed by atoms with Crippen LogP contribution in [0.5, 0.6) is 0 Å². The van der Waals surface area contributed by atoms with Gasteiger partial charge in [0, 0.05) is 6.04 Å². The van der Waals surface area contributed by atoms with Crippen LogP contribution >= 0.6 is 0 Å². The van der Waals surface area contributed by atoms with Gasteiger partial charge in [-0.1, -0.05) is 32.8 Å². The van der Waals surface area contributed by atoms with E-state index in [2.05, 4.69) is 19.2 Å². The zero-order valence-electron chi connectivity index (χ0n) is 11.5. The maximum absolute atomic E-state index is 13.1. The van der Waals surface area contributed by atoms with Gasteiger partial charge in [0.05, 0.1) is 0 Å². The van der Waals surface area contributed by atoms with Crippen LogP contribution in [-0.2, 0) is 6.42 Å². The third kappa shape index (κ3) is 5.13. The fraction of sp³-hybridized carbons (Fsp3) is 0.600. The van der Waals surface area contributed by atoms with E-state index >= 15 is 0 Å². The number of nitrogens with one attached hydrogen (secondary N) is 1. The molecule has 102 valence electrons. The molecule has 1 nitrogen and oxygen atoms in total. The number of likely N-dealkylation sites (N-methyl/N-ethyl adjacent to an activating group) is 1. The quantitative estimate of drug-likeness (QED) is 0.778. The Kier molecular flexibility index (Phi) is 6.27. The second kappa shape index (κ2) is 7.47. The second-order valence-electron chi connectivity index (χ2n) is 5.26. The predicted molar refractivity (Wildman–Crippen MR) is 71.6 cm³/mol. The van der Waals surface area contributed by atoms with Gasteiger partial charge in [0.15, 0.2) is 11.6 Å². The Morgan fingerprint density at radius 3 is 2.39 bits per heavy atom. The van der Waals surface area contributed by atoms with Crippen molar-refractivity contribution in [1.82, 2.24) is 5.32 Å². The van der Waals surface area contributed by atoms with Gasteiger partial charge in [-0.05, 0) is 43.5 Å². The van der Waals surface area contributed by atoms with E-state index in [-0.39, 0.29) is 0 Å². The van der Waals surface area contributed by atoms with Gasteiger partial charge in [0.25, 0.3) is 0 Å². The summed E-state index contributed by atoms with van der Waals surface area (Å²) in [6.07, 6.45) is 4.17. The topological polar surface area (TPSA) is 12.0 Å². The highest BCUT2D eigenvalue weighted by Gasteiger charge is 2.09. The van der Waals surface area contributed by atoms with Gasteiger partial charge in [-0.2, -0.15) is 0 Å². The molecule has 1 rings (SSSR count). The van der Waals surface area contributed by atoms with Crippen molar-refractivity contribution in [3.8, 4) is 0 Å². The minimum atomic E-state index is -0.778. The van der Waals surface area contributed by atoms with Crippen molar-refractivity contribution < 1.29 is 8.78 Å². The van der Waals surface area contributed by atoms with Gasteiger partial charge >= 0.3 is 0 Å². The largest absolute Gasteiger partial charge is 0.317 e. The number of hydrogen-bond donors (Lipinski definition) is 1. The molecule has 0 aliphatic carbocycles. The smallest absolute Gasteiger partial charge is 0.159 e. The fourth-order valence-corrected chi connectivity index (χ4v) is 2.07. The Balaban J connectivity index is 2.49. The molecule has 0 radical (unpaired) electrons. The summed E-state index contributed by atoms with van der Waals surface area (Å²) in [5.74, 6) is -0.824. The molecule has 0 bridgehead atoms. The first kappa shape index (κ1) is 15.1. The molecule has 1 atom stereocenters. The van der Waals surface area contributed by atoms with E-state index in [0.29, 0.717) is 12.0 Å². The van der Waals surface area contributed by atoms with Crippen molar-refractivity contribution >= 4 is 0 Å². The Labute approximate surface area is 109 Å². The van der Waals surface area contributed by atoms with Crippen molar-refractivity contribution in [2.45, 2.75) is 45.6 Å². The fourth-order valence-electron chi connectivity index (χ4n) is 2.07. The molecular formula is C15H23F2N. The highest BCUT2D eigenvalue weighted by molar-refractivity contribution is 5.18. The molecular weight excluding hydrogens is 232 g/mol. The number of rotatable bonds is 7. The Morgan fingerprint density at radius 2 is 1.83 bits per heavy atom. The standard InChI is InChI=1S/C15H23F2N/c1-11(2)5-4-6-13(18-3)9-12-7-8-14(16)15(17)10-12/h7-8,10-11,13,18H,4-6,9H2,1-3H3. The van der Waals surface area contributed by atoms with Crippen LogP contribution in [0.1, 0.15) is 38.7 Å². The highest BCUT2D eigenvalue weighted by atomic mass is 19.2. The van der Waals surface area contributed by atoms with E-state index in [1.54, 1.807) is 6.07 Å². The third-order valence-electron chi connectivity index (χ3n) is 3.21. The minimum Gasteiger partial charge on any atom is -0.317 e. The predicted octanol–water partition coefficient (Wildman–Crippen LogP) is 3.92. The van der Waals surface area contributed by atoms with E-state index in [1.807, 2.05) is 7.05 Å². The van der Waals surface area contributed by atoms with Crippen LogP contribution in [-0.4, -0.2) is 13.1 Å². The lowest BCUT2D eigenvalue weighted by Crippen LogP contribution is -2.27. The molecule has 3 heteroatoms. The Hall–Kier alpha value is -0.960. The van der Waals surface area contributed by atoms with Gasteiger partial charge in [0.1, 0.15) is 0 Å². The van der Waals surface area contributed by atoms with Gasteiger partial charge in [-0.25, -0.2) is 8.78 Å². The Bertz CT molecular complexity index is 364. The molecule has 0 heterocycles. The first-order valence-corrected chi connectivity index (χ1v) is 6.64. The molecule has 0 spiro atoms. The first-order chi connectivity index (χ1) is 8.52. The monoisotopic (exact) mass is 255 g/mol. The summed E-state index contributed by atoms with van der Waals surface area (Å²) in [6, 6.07) is 4.48. The molecule has 0 aliphatic rings. The highest BCUT2D eigenvalue weighted by Crippen LogP contribution is 2.14. The molecule has 0 aliphatic heterocycles. The SMILES string of the molecule is CNC(CCCC(C)C)Cc1ccc(F)c(F)c1. The van der Waals surface area contributed by atoms with Crippen molar-refractivity contribution in [3.63, 3.8) is 0 Å². The lowest BCUT2D eigenvalue weighted by Gasteiger charge is -2.17. The summed E-state index contributed by atoms with van der Waals surface area (Å²) in [7, 11) is 1.92. The summed E-state index contributed by atoms with van der Waals surface area (Å²) < 4.78 is 25.9. The molecule has 0 saturated heterocycles. The third-order valence-corrected chi connectivity index (χ3v) is 3.21. The van der Waals surface area contributed by atoms with Crippen LogP contribution in [0, 0.1) is 17.6 Å². The molecule has 0 amide bonds. The van der Waals surface area contributed by atoms with Crippen LogP contribution in [0.2, 0.25) is 0 Å². The average molecular weight is 255 g/mol. The maximum atomic E-state index is 13.1. The van der Waals surface area contributed by atoms with Crippen molar-refractivity contribution in [3.05, 3.63) is 35.4 Å². The van der Waals surface area contributed by atoms with Crippen molar-refractivity contribution in [2.24, 2.45) is 5.92 Å². The molecule has 0 fully saturated rings. The zero-order valence-corrected chi connectivity index (χ0v) is 11.5. The second-order valence-corrected chi connectivity index (χ2v) is 5.26. The van der Waals surface area contributed by atoms with E-state index in [0.717, 1.165) is 24.8 Å². The van der Waals surface area contributed by atoms with E-state index < -0.39 is 11.6 Å². The van der Waals surface area contributed by atoms with Gasteiger partial charge in [-0.3, -0.25) is 0 Å². The molecule has 1 unspecified atom stereocenters. The van der Waals surface area contributed by atoms with Crippen LogP contribution in [0.15, 0.2) is 18.2 Å². The van der Waals surface area contributed by atoms with Crippen LogP contribution in [0.4, 0.5) is 8.78 Å². The molecule has 1 N–H and O–H groups in total. The molecule has 0 saturated carbocycles. The number of hydrogen-bond acceptors (Lipinski definition) is 1. The summed E-state index contributed by atoms with van der Waals surface area (Å²) in [5, 5.41) is 3.24. The average Bonchev–Trinajstić information content (AvgIpc) is 2.32. The van der Waals surface area contributed by atoms with Crippen molar-refractivity contribution in [1.29, 1.82) is 0 Å². The van der Waals surface area contributed by atoms with Gasteiger partial charge in [-0.15, -0.1) is 0 Å². The number of halogens is 2. The van der Waals surface area contributed by atoms with Crippen LogP contribution in [0.3, 0.4) is 0 Å². The summed E-state index contributed by atoms with van der Waals surface area (Å²) in [4.78, 5) is 0. The van der Waals surface area contributed by atoms with Crippen LogP contribution in [0.25, 0.3) is 0 Å². The molecule has 1 aromatic rings. The lowest BCUT2D eigenvalue weighted by atomic mass is 9.98. The minimum absolute atomic E-state index is 0.327. The maximum Gasteiger partial charge on any atom is 0.159 e. The van der Waals surface area contributed by atoms with Crippen molar-refractivity contribution in [2.75, 3.05) is 7.05 Å². The normalized spacial score (nSPS) is 13.0. The molecule has 18 heavy (non-hydrogen) atoms. The van der Waals surface area contributed by atoms with E-state index in [9.17, 15) is 8.78 Å². The van der Waals surface area contributed by atoms with Crippen LogP contribution < -0.4 is 5.32 Å². The zero-order chi connectivity index (χ0) is 13.5. The number of benzene rings is 1. The first-order valence-electron chi connectivity index (χ1n) is 6.64. The van der Waals surface area contributed by atoms with E-state index in [4.69, 9.17) is 0 Å². The van der Waals surface area contributed by atoms with Gasteiger partial charge in [0.2, 0.25) is 0 Å². The summed E-state index contributed by atoms with van der Waals surface area (Å²) in [5.41, 5.74) is 0.845. The summed E-state index contributed by atoms with van der Waals surface area (Å²) >= 11 is 0.